The third-order valence-corrected chi connectivity index (χ3v) is 6.29. The number of carbonyl (C=O) groups excluding carboxylic acids is 2. The lowest BCUT2D eigenvalue weighted by Gasteiger charge is -2.12. The molecule has 3 amide bonds. The van der Waals surface area contributed by atoms with Crippen molar-refractivity contribution >= 4 is 63.8 Å². The van der Waals surface area contributed by atoms with Crippen molar-refractivity contribution < 1.29 is 14.3 Å². The molecule has 0 saturated carbocycles. The second kappa shape index (κ2) is 10.2. The number of aryl methyl sites for hydroxylation is 1. The van der Waals surface area contributed by atoms with E-state index in [-0.39, 0.29) is 12.2 Å². The van der Waals surface area contributed by atoms with E-state index in [4.69, 9.17) is 27.9 Å². The zero-order valence-electron chi connectivity index (χ0n) is 17.6. The molecule has 0 aliphatic carbocycles. The van der Waals surface area contributed by atoms with Gasteiger partial charge >= 0.3 is 6.03 Å². The molecular formula is C25H19Cl2IN2O3. The molecule has 0 aromatic heterocycles. The number of amides is 3. The maximum atomic E-state index is 12.8. The van der Waals surface area contributed by atoms with Crippen molar-refractivity contribution in [3.63, 3.8) is 0 Å². The summed E-state index contributed by atoms with van der Waals surface area (Å²) < 4.78 is 6.95. The van der Waals surface area contributed by atoms with Crippen molar-refractivity contribution in [2.24, 2.45) is 0 Å². The predicted octanol–water partition coefficient (Wildman–Crippen LogP) is 6.58. The van der Waals surface area contributed by atoms with Gasteiger partial charge in [0.05, 0.1) is 16.6 Å². The van der Waals surface area contributed by atoms with Gasteiger partial charge in [0.1, 0.15) is 12.3 Å². The summed E-state index contributed by atoms with van der Waals surface area (Å²) in [5.74, 6) is -0.0466. The third kappa shape index (κ3) is 5.69. The maximum Gasteiger partial charge on any atom is 0.329 e. The summed E-state index contributed by atoms with van der Waals surface area (Å²) in [6.07, 6.45) is 1.55. The van der Waals surface area contributed by atoms with Gasteiger partial charge in [-0.1, -0.05) is 65.2 Å². The fourth-order valence-corrected chi connectivity index (χ4v) is 4.38. The zero-order chi connectivity index (χ0) is 23.5. The Morgan fingerprint density at radius 1 is 1.00 bits per heavy atom. The molecule has 0 spiro atoms. The number of carbonyl (C=O) groups is 2. The number of nitrogens with zero attached hydrogens (tertiary/aromatic N) is 1. The monoisotopic (exact) mass is 592 g/mol. The minimum atomic E-state index is -0.470. The topological polar surface area (TPSA) is 58.6 Å². The van der Waals surface area contributed by atoms with Crippen LogP contribution < -0.4 is 10.1 Å². The smallest absolute Gasteiger partial charge is 0.329 e. The van der Waals surface area contributed by atoms with E-state index in [1.807, 2.05) is 55.5 Å². The molecule has 168 valence electrons. The molecule has 3 aromatic rings. The molecule has 1 heterocycles. The Kier molecular flexibility index (Phi) is 7.26. The minimum Gasteiger partial charge on any atom is -0.486 e. The Labute approximate surface area is 215 Å². The molecule has 0 radical (unpaired) electrons. The van der Waals surface area contributed by atoms with Crippen molar-refractivity contribution in [1.29, 1.82) is 0 Å². The van der Waals surface area contributed by atoms with Gasteiger partial charge in [-0.2, -0.15) is 0 Å². The highest BCUT2D eigenvalue weighted by molar-refractivity contribution is 14.1. The van der Waals surface area contributed by atoms with Crippen LogP contribution in [0.1, 0.15) is 22.3 Å². The Balaban J connectivity index is 1.49. The first-order chi connectivity index (χ1) is 15.8. The zero-order valence-corrected chi connectivity index (χ0v) is 21.2. The lowest BCUT2D eigenvalue weighted by Crippen LogP contribution is -2.30. The van der Waals surface area contributed by atoms with E-state index in [0.29, 0.717) is 28.0 Å². The summed E-state index contributed by atoms with van der Waals surface area (Å²) in [5.41, 5.74) is 3.66. The SMILES string of the molecule is Cc1cccc(CN2C(=O)N/C(=C/c3cc(Cl)c(OCc4ccc(I)cc4)c(Cl)c3)C2=O)c1. The van der Waals surface area contributed by atoms with Crippen LogP contribution in [-0.4, -0.2) is 16.8 Å². The van der Waals surface area contributed by atoms with E-state index in [0.717, 1.165) is 20.3 Å². The van der Waals surface area contributed by atoms with Gasteiger partial charge in [0.15, 0.2) is 5.75 Å². The van der Waals surface area contributed by atoms with Gasteiger partial charge in [-0.05, 0) is 76.5 Å². The van der Waals surface area contributed by atoms with Crippen LogP contribution in [0, 0.1) is 10.5 Å². The Bertz CT molecular complexity index is 1240. The van der Waals surface area contributed by atoms with E-state index in [1.165, 1.54) is 4.90 Å². The second-order valence-corrected chi connectivity index (χ2v) is 9.66. The standard InChI is InChI=1S/C25H19Cl2IN2O3/c1-15-3-2-4-17(9-15)13-30-24(31)22(29-25(30)32)12-18-10-20(26)23(21(27)11-18)33-14-16-5-7-19(28)8-6-16/h2-12H,13-14H2,1H3,(H,29,32)/b22-12+. The lowest BCUT2D eigenvalue weighted by molar-refractivity contribution is -0.123. The highest BCUT2D eigenvalue weighted by Gasteiger charge is 2.33. The lowest BCUT2D eigenvalue weighted by atomic mass is 10.1. The molecule has 8 heteroatoms. The average Bonchev–Trinajstić information content (AvgIpc) is 3.02. The van der Waals surface area contributed by atoms with Gasteiger partial charge in [0.25, 0.3) is 5.91 Å². The molecule has 1 saturated heterocycles. The first-order valence-electron chi connectivity index (χ1n) is 10.1. The molecule has 3 aromatic carbocycles. The summed E-state index contributed by atoms with van der Waals surface area (Å²) in [5, 5.41) is 3.25. The number of benzene rings is 3. The fraction of sp³-hybridized carbons (Fsp3) is 0.120. The number of nitrogens with one attached hydrogen (secondary N) is 1. The van der Waals surface area contributed by atoms with E-state index < -0.39 is 11.9 Å². The first kappa shape index (κ1) is 23.6. The van der Waals surface area contributed by atoms with Gasteiger partial charge in [-0.25, -0.2) is 4.79 Å². The van der Waals surface area contributed by atoms with Crippen molar-refractivity contribution in [2.75, 3.05) is 0 Å². The van der Waals surface area contributed by atoms with Crippen LogP contribution in [0.4, 0.5) is 4.79 Å². The molecule has 1 aliphatic rings. The molecule has 5 nitrogen and oxygen atoms in total. The summed E-state index contributed by atoms with van der Waals surface area (Å²) in [6.45, 7) is 2.47. The van der Waals surface area contributed by atoms with E-state index in [9.17, 15) is 9.59 Å². The van der Waals surface area contributed by atoms with E-state index >= 15 is 0 Å². The Morgan fingerprint density at radius 3 is 2.36 bits per heavy atom. The number of urea groups is 1. The molecule has 1 aliphatic heterocycles. The van der Waals surface area contributed by atoms with Crippen LogP contribution in [0.5, 0.6) is 5.75 Å². The number of imide groups is 1. The van der Waals surface area contributed by atoms with Gasteiger partial charge in [0, 0.05) is 3.57 Å². The molecule has 0 atom stereocenters. The fourth-order valence-electron chi connectivity index (χ4n) is 3.41. The summed E-state index contributed by atoms with van der Waals surface area (Å²) >= 11 is 15.0. The van der Waals surface area contributed by atoms with Crippen LogP contribution in [0.25, 0.3) is 6.08 Å². The summed E-state index contributed by atoms with van der Waals surface area (Å²) in [7, 11) is 0. The molecule has 1 N–H and O–H groups in total. The number of hydrogen-bond acceptors (Lipinski definition) is 3. The second-order valence-electron chi connectivity index (χ2n) is 7.60. The Hall–Kier alpha value is -2.55. The molecule has 0 bridgehead atoms. The molecular weight excluding hydrogens is 574 g/mol. The molecule has 4 rings (SSSR count). The highest BCUT2D eigenvalue weighted by atomic mass is 127. The van der Waals surface area contributed by atoms with Crippen LogP contribution >= 0.6 is 45.8 Å². The first-order valence-corrected chi connectivity index (χ1v) is 11.9. The molecule has 33 heavy (non-hydrogen) atoms. The number of ether oxygens (including phenoxy) is 1. The van der Waals surface area contributed by atoms with E-state index in [2.05, 4.69) is 27.9 Å². The van der Waals surface area contributed by atoms with Gasteiger partial charge in [-0.15, -0.1) is 0 Å². The van der Waals surface area contributed by atoms with Gasteiger partial charge < -0.3 is 10.1 Å². The normalized spacial score (nSPS) is 14.7. The average molecular weight is 593 g/mol. The number of halogens is 3. The van der Waals surface area contributed by atoms with Crippen LogP contribution in [-0.2, 0) is 17.9 Å². The maximum absolute atomic E-state index is 12.8. The van der Waals surface area contributed by atoms with Crippen LogP contribution in [0.2, 0.25) is 10.0 Å². The molecule has 1 fully saturated rings. The summed E-state index contributed by atoms with van der Waals surface area (Å²) in [6, 6.07) is 18.4. The third-order valence-electron chi connectivity index (χ3n) is 5.01. The van der Waals surface area contributed by atoms with Gasteiger partial charge in [-0.3, -0.25) is 9.69 Å². The predicted molar refractivity (Wildman–Crippen MR) is 138 cm³/mol. The van der Waals surface area contributed by atoms with Gasteiger partial charge in [0.2, 0.25) is 0 Å². The van der Waals surface area contributed by atoms with Crippen LogP contribution in [0.15, 0.2) is 66.4 Å². The van der Waals surface area contributed by atoms with Crippen LogP contribution in [0.3, 0.4) is 0 Å². The number of hydrogen-bond donors (Lipinski definition) is 1. The highest BCUT2D eigenvalue weighted by Crippen LogP contribution is 2.35. The van der Waals surface area contributed by atoms with Crippen molar-refractivity contribution in [1.82, 2.24) is 10.2 Å². The Morgan fingerprint density at radius 2 is 1.70 bits per heavy atom. The minimum absolute atomic E-state index is 0.160. The summed E-state index contributed by atoms with van der Waals surface area (Å²) in [4.78, 5) is 26.4. The molecule has 0 unspecified atom stereocenters. The van der Waals surface area contributed by atoms with Crippen molar-refractivity contribution in [2.45, 2.75) is 20.1 Å². The van der Waals surface area contributed by atoms with Crippen molar-refractivity contribution in [3.05, 3.63) is 102 Å². The largest absolute Gasteiger partial charge is 0.486 e. The quantitative estimate of drug-likeness (QED) is 0.200. The van der Waals surface area contributed by atoms with Crippen molar-refractivity contribution in [3.8, 4) is 5.75 Å². The number of rotatable bonds is 6. The van der Waals surface area contributed by atoms with E-state index in [1.54, 1.807) is 18.2 Å².